The van der Waals surface area contributed by atoms with Crippen molar-refractivity contribution in [3.63, 3.8) is 0 Å². The van der Waals surface area contributed by atoms with Crippen LogP contribution in [0.2, 0.25) is 0 Å². The lowest BCUT2D eigenvalue weighted by Crippen LogP contribution is -2.69. The third-order valence-corrected chi connectivity index (χ3v) is 17.6. The monoisotopic (exact) mass is 1330 g/mol. The summed E-state index contributed by atoms with van der Waals surface area (Å²) in [5.74, 6) is 0. The van der Waals surface area contributed by atoms with Crippen molar-refractivity contribution in [2.75, 3.05) is 146 Å². The third kappa shape index (κ3) is 16.3. The molecule has 21 aliphatic rings. The molecule has 21 heterocycles. The number of methoxy groups -OCH3 is 14. The fourth-order valence-electron chi connectivity index (χ4n) is 13.1. The van der Waals surface area contributed by atoms with Gasteiger partial charge in [0, 0.05) is 99.5 Å². The van der Waals surface area contributed by atoms with Gasteiger partial charge >= 0.3 is 0 Å². The molecule has 21 saturated heterocycles. The molecule has 7 N–H and O–H groups in total. The van der Waals surface area contributed by atoms with E-state index in [9.17, 15) is 35.7 Å². The molecule has 0 amide bonds. The molecule has 21 fully saturated rings. The summed E-state index contributed by atoms with van der Waals surface area (Å²) in [5.41, 5.74) is 0. The summed E-state index contributed by atoms with van der Waals surface area (Å²) in [6.45, 7) is -1.59. The molecular formula is C56H98O35. The van der Waals surface area contributed by atoms with E-state index < -0.39 is 215 Å². The van der Waals surface area contributed by atoms with Crippen molar-refractivity contribution in [3.05, 3.63) is 0 Å². The van der Waals surface area contributed by atoms with Gasteiger partial charge in [0.25, 0.3) is 0 Å². The van der Waals surface area contributed by atoms with Crippen LogP contribution in [0.3, 0.4) is 0 Å². The Kier molecular flexibility index (Phi) is 29.3. The van der Waals surface area contributed by atoms with Crippen molar-refractivity contribution >= 4 is 0 Å². The van der Waals surface area contributed by atoms with E-state index >= 15 is 0 Å². The maximum atomic E-state index is 12.3. The highest BCUT2D eigenvalue weighted by molar-refractivity contribution is 5.03. The van der Waals surface area contributed by atoms with Gasteiger partial charge in [0.15, 0.2) is 44.0 Å². The first-order valence-electron chi connectivity index (χ1n) is 30.0. The van der Waals surface area contributed by atoms with E-state index in [1.165, 1.54) is 99.5 Å². The molecule has 35 atom stereocenters. The van der Waals surface area contributed by atoms with Crippen LogP contribution < -0.4 is 0 Å². The van der Waals surface area contributed by atoms with Gasteiger partial charge in [-0.3, -0.25) is 0 Å². The summed E-state index contributed by atoms with van der Waals surface area (Å²) in [6.07, 6.45) is -49.4. The second kappa shape index (κ2) is 35.4. The highest BCUT2D eigenvalue weighted by atomic mass is 16.8. The molecule has 21 rings (SSSR count). The molecule has 21 aliphatic heterocycles. The van der Waals surface area contributed by atoms with Crippen LogP contribution in [0.25, 0.3) is 0 Å². The second-order valence-corrected chi connectivity index (χ2v) is 23.0. The molecule has 0 aromatic carbocycles. The minimum atomic E-state index is -1.62. The molecule has 35 heteroatoms. The van der Waals surface area contributed by atoms with Crippen LogP contribution in [-0.2, 0) is 133 Å². The Morgan fingerprint density at radius 2 is 0.297 bits per heavy atom. The van der Waals surface area contributed by atoms with Crippen molar-refractivity contribution in [1.29, 1.82) is 0 Å². The van der Waals surface area contributed by atoms with Gasteiger partial charge in [0.05, 0.1) is 46.2 Å². The minimum Gasteiger partial charge on any atom is -0.387 e. The first-order chi connectivity index (χ1) is 43.9. The van der Waals surface area contributed by atoms with Gasteiger partial charge in [-0.1, -0.05) is 0 Å². The molecular weight excluding hydrogens is 1230 g/mol. The average molecular weight is 1330 g/mol. The Morgan fingerprint density at radius 3 is 0.385 bits per heavy atom. The van der Waals surface area contributed by atoms with E-state index in [0.29, 0.717) is 0 Å². The highest BCUT2D eigenvalue weighted by Gasteiger charge is 2.61. The zero-order valence-electron chi connectivity index (χ0n) is 53.7. The SMILES string of the molecule is COC[C@@H]1O[C@@H]2O[C@H]3[C@H](O)[C@@H](OC)[C@@H](O[C@H]4[C@@H](O)[C@H](OC)[C@@H](O[C@H]5[C@H](O)[C@H](OC)[C@@H](O[C@H]6[C@H](O)[C@@H](OC)[C@@H](O[C@H]7[C@H](O)[C@@H](OC)[C@@H](O[C@H]8[C@H](O)[C@@H](OC)[C@@H](O[C@H]1[C@H](O)[C@H]2OC)O[C@H]8COC)O[C@H]7COC)O[C@@H]6COC)O[C@@H]5COC)O[C@@H]4COC)O[C@H]3COC. The van der Waals surface area contributed by atoms with Gasteiger partial charge in [-0.2, -0.15) is 0 Å². The van der Waals surface area contributed by atoms with Gasteiger partial charge in [-0.15, -0.1) is 0 Å². The maximum Gasteiger partial charge on any atom is 0.187 e. The van der Waals surface area contributed by atoms with E-state index in [-0.39, 0.29) is 46.2 Å². The molecule has 532 valence electrons. The predicted octanol–water partition coefficient (Wildman–Crippen LogP) is -6.07. The minimum absolute atomic E-state index is 0.227. The zero-order chi connectivity index (χ0) is 66.0. The summed E-state index contributed by atoms with van der Waals surface area (Å²) in [6, 6.07) is 0. The standard InChI is InChI=1S/C56H98O35/c1-64-15-22-36-29(57)43(71-8)50(78-22)86-37-23(16-65-2)80-52(45(73-10)30(37)58)88-39-25(18-67-4)82-54(47(75-12)32(39)60)90-41-27(20-69-6)84-56(49(77-14)34(41)62)91-42-28(21-70-7)83-55(48(76-13)35(42)63)89-40-26(19-68-5)81-53(46(74-11)33(40)61)87-38-24(17-66-3)79-51(85-36)44(72-9)31(38)59/h22-63H,15-21H2,1-14H3/t22-,23-,24-,25-,26+,27+,28+,29-,30-,31-,32-,33-,34+,35-,36+,37+,38+,39+,40+,41+,42+,43+,44+,45+,46+,47+,48-,49-,50+,51+,52+,53+,54+,55+,56+/m0/s1. The van der Waals surface area contributed by atoms with Gasteiger partial charge < -0.3 is 168 Å². The van der Waals surface area contributed by atoms with E-state index in [4.69, 9.17) is 133 Å². The van der Waals surface area contributed by atoms with Gasteiger partial charge in [0.1, 0.15) is 171 Å². The van der Waals surface area contributed by atoms with Crippen molar-refractivity contribution in [2.24, 2.45) is 0 Å². The number of rotatable bonds is 21. The summed E-state index contributed by atoms with van der Waals surface area (Å²) in [4.78, 5) is 0. The van der Waals surface area contributed by atoms with E-state index in [0.717, 1.165) is 0 Å². The lowest BCUT2D eigenvalue weighted by molar-refractivity contribution is -0.400. The van der Waals surface area contributed by atoms with Crippen molar-refractivity contribution in [2.45, 2.75) is 215 Å². The fourth-order valence-corrected chi connectivity index (χ4v) is 13.1. The summed E-state index contributed by atoms with van der Waals surface area (Å²) in [7, 11) is 18.7. The average Bonchev–Trinajstić information content (AvgIpc) is 0.810. The van der Waals surface area contributed by atoms with Crippen LogP contribution in [0.4, 0.5) is 0 Å². The number of aliphatic hydroxyl groups is 7. The largest absolute Gasteiger partial charge is 0.387 e. The van der Waals surface area contributed by atoms with E-state index in [1.807, 2.05) is 0 Å². The number of ether oxygens (including phenoxy) is 28. The molecule has 35 nitrogen and oxygen atoms in total. The molecule has 14 bridgehead atoms. The first-order valence-corrected chi connectivity index (χ1v) is 30.0. The number of aliphatic hydroxyl groups excluding tert-OH is 7. The van der Waals surface area contributed by atoms with Gasteiger partial charge in [0.2, 0.25) is 0 Å². The normalized spacial score (nSPS) is 48.7. The smallest absolute Gasteiger partial charge is 0.187 e. The molecule has 0 aliphatic carbocycles. The van der Waals surface area contributed by atoms with Crippen molar-refractivity contribution in [1.82, 2.24) is 0 Å². The summed E-state index contributed by atoms with van der Waals surface area (Å²) >= 11 is 0. The van der Waals surface area contributed by atoms with Crippen molar-refractivity contribution < 1.29 is 168 Å². The van der Waals surface area contributed by atoms with E-state index in [1.54, 1.807) is 0 Å². The Bertz CT molecular complexity index is 1680. The third-order valence-electron chi connectivity index (χ3n) is 17.6. The van der Waals surface area contributed by atoms with Crippen LogP contribution in [0.5, 0.6) is 0 Å². The van der Waals surface area contributed by atoms with E-state index in [2.05, 4.69) is 0 Å². The Hall–Kier alpha value is -1.40. The highest BCUT2D eigenvalue weighted by Crippen LogP contribution is 2.41. The predicted molar refractivity (Wildman–Crippen MR) is 295 cm³/mol. The van der Waals surface area contributed by atoms with Crippen LogP contribution >= 0.6 is 0 Å². The fraction of sp³-hybridized carbons (Fsp3) is 1.00. The molecule has 0 radical (unpaired) electrons. The summed E-state index contributed by atoms with van der Waals surface area (Å²) in [5, 5.41) is 86.2. The maximum absolute atomic E-state index is 12.3. The molecule has 0 aromatic heterocycles. The molecule has 0 unspecified atom stereocenters. The van der Waals surface area contributed by atoms with Crippen LogP contribution in [0.15, 0.2) is 0 Å². The quantitative estimate of drug-likeness (QED) is 0.0562. The topological polar surface area (TPSA) is 400 Å². The summed E-state index contributed by atoms with van der Waals surface area (Å²) < 4.78 is 171. The molecule has 0 saturated carbocycles. The first kappa shape index (κ1) is 75.4. The Labute approximate surface area is 528 Å². The van der Waals surface area contributed by atoms with Gasteiger partial charge in [-0.25, -0.2) is 0 Å². The van der Waals surface area contributed by atoms with Crippen LogP contribution in [-0.4, -0.2) is 396 Å². The lowest BCUT2D eigenvalue weighted by atomic mass is 9.95. The second-order valence-electron chi connectivity index (χ2n) is 23.0. The van der Waals surface area contributed by atoms with Crippen LogP contribution in [0, 0.1) is 0 Å². The molecule has 0 aromatic rings. The number of hydrogen-bond acceptors (Lipinski definition) is 35. The van der Waals surface area contributed by atoms with Crippen molar-refractivity contribution in [3.8, 4) is 0 Å². The molecule has 91 heavy (non-hydrogen) atoms. The van der Waals surface area contributed by atoms with Crippen LogP contribution in [0.1, 0.15) is 0 Å². The lowest BCUT2D eigenvalue weighted by Gasteiger charge is -2.51. The zero-order valence-corrected chi connectivity index (χ0v) is 53.7. The van der Waals surface area contributed by atoms with Gasteiger partial charge in [-0.05, 0) is 0 Å². The Morgan fingerprint density at radius 1 is 0.187 bits per heavy atom. The number of hydrogen-bond donors (Lipinski definition) is 7. The Balaban J connectivity index is 1.17. The molecule has 0 spiro atoms.